The maximum Gasteiger partial charge on any atom is 1.00 e. The summed E-state index contributed by atoms with van der Waals surface area (Å²) in [6, 6.07) is 0. The van der Waals surface area contributed by atoms with Gasteiger partial charge in [0.1, 0.15) is 12.4 Å². The Morgan fingerprint density at radius 3 is 2.38 bits per heavy atom. The van der Waals surface area contributed by atoms with Crippen molar-refractivity contribution < 1.29 is 53.5 Å². The molecule has 0 aliphatic heterocycles. The molecule has 0 rings (SSSR count). The third kappa shape index (κ3) is 10.0. The second-order valence-electron chi connectivity index (χ2n) is 2.20. The fraction of sp³-hybridized carbons (Fsp3) is 0.500. The average molecular weight is 218 g/mol. The molecule has 0 saturated heterocycles. The number of rotatable bonds is 4. The van der Waals surface area contributed by atoms with E-state index in [0.717, 1.165) is 0 Å². The first-order valence-electron chi connectivity index (χ1n) is 3.11. The van der Waals surface area contributed by atoms with E-state index >= 15 is 0 Å². The Hall–Kier alpha value is 0.120. The van der Waals surface area contributed by atoms with Gasteiger partial charge in [0.15, 0.2) is 0 Å². The van der Waals surface area contributed by atoms with E-state index in [4.69, 9.17) is 4.55 Å². The van der Waals surface area contributed by atoms with Gasteiger partial charge >= 0.3 is 35.5 Å². The summed E-state index contributed by atoms with van der Waals surface area (Å²) in [5.74, 6) is -1.26. The molecule has 0 bridgehead atoms. The van der Waals surface area contributed by atoms with Crippen LogP contribution in [0.3, 0.4) is 0 Å². The minimum Gasteiger partial charge on any atom is -1.00 e. The summed E-state index contributed by atoms with van der Waals surface area (Å²) in [6.07, 6.45) is 0. The van der Waals surface area contributed by atoms with Crippen molar-refractivity contribution in [3.05, 3.63) is 12.2 Å². The van der Waals surface area contributed by atoms with Crippen LogP contribution in [0.25, 0.3) is 0 Å². The largest absolute Gasteiger partial charge is 1.00 e. The van der Waals surface area contributed by atoms with Crippen molar-refractivity contribution in [1.82, 2.24) is 0 Å². The van der Waals surface area contributed by atoms with Crippen molar-refractivity contribution in [1.29, 1.82) is 0 Å². The molecule has 0 aromatic rings. The number of carbonyl (C=O) groups is 1. The third-order valence-electron chi connectivity index (χ3n) is 0.923. The maximum atomic E-state index is 10.6. The summed E-state index contributed by atoms with van der Waals surface area (Å²) in [6.45, 7) is 4.37. The maximum absolute atomic E-state index is 10.6. The SMILES string of the molecule is C=C(C)C(=O)OCCS(=O)(=O)O.[H-].[Na+]. The van der Waals surface area contributed by atoms with Gasteiger partial charge in [-0.15, -0.1) is 0 Å². The van der Waals surface area contributed by atoms with Crippen molar-refractivity contribution in [2.75, 3.05) is 12.4 Å². The van der Waals surface area contributed by atoms with Gasteiger partial charge in [0.05, 0.1) is 0 Å². The first-order chi connectivity index (χ1) is 5.33. The minimum absolute atomic E-state index is 0. The molecule has 0 aromatic carbocycles. The first-order valence-corrected chi connectivity index (χ1v) is 4.71. The van der Waals surface area contributed by atoms with Crippen molar-refractivity contribution >= 4 is 16.1 Å². The smallest absolute Gasteiger partial charge is 1.00 e. The Labute approximate surface area is 101 Å². The number of hydrogen-bond donors (Lipinski definition) is 1. The predicted molar refractivity (Wildman–Crippen MR) is 43.3 cm³/mol. The zero-order chi connectivity index (χ0) is 9.78. The summed E-state index contributed by atoms with van der Waals surface area (Å²) < 4.78 is 32.9. The topological polar surface area (TPSA) is 80.7 Å². The summed E-state index contributed by atoms with van der Waals surface area (Å²) in [5.41, 5.74) is 0.185. The zero-order valence-corrected chi connectivity index (χ0v) is 10.4. The normalized spacial score (nSPS) is 10.0. The van der Waals surface area contributed by atoms with Gasteiger partial charge in [-0.3, -0.25) is 4.55 Å². The van der Waals surface area contributed by atoms with E-state index in [2.05, 4.69) is 11.3 Å². The van der Waals surface area contributed by atoms with E-state index in [1.54, 1.807) is 0 Å². The molecular formula is C6H11NaO5S. The molecule has 0 spiro atoms. The van der Waals surface area contributed by atoms with E-state index in [1.807, 2.05) is 0 Å². The molecule has 0 saturated carbocycles. The van der Waals surface area contributed by atoms with Crippen LogP contribution in [0.1, 0.15) is 8.35 Å². The number of hydrogen-bond acceptors (Lipinski definition) is 4. The molecule has 7 heteroatoms. The predicted octanol–water partition coefficient (Wildman–Crippen LogP) is -2.89. The number of carbonyl (C=O) groups excluding carboxylic acids is 1. The van der Waals surface area contributed by atoms with Gasteiger partial charge in [-0.05, 0) is 6.92 Å². The standard InChI is InChI=1S/C6H10O5S.Na.H/c1-5(2)6(7)11-3-4-12(8,9)10;;/h1,3-4H2,2H3,(H,8,9,10);;/q;+1;-1. The summed E-state index contributed by atoms with van der Waals surface area (Å²) in [7, 11) is -4.05. The Morgan fingerprint density at radius 1 is 1.62 bits per heavy atom. The van der Waals surface area contributed by atoms with Crippen LogP contribution in [0.15, 0.2) is 12.2 Å². The molecular weight excluding hydrogens is 207 g/mol. The van der Waals surface area contributed by atoms with Gasteiger partial charge in [-0.1, -0.05) is 6.58 Å². The van der Waals surface area contributed by atoms with E-state index in [-0.39, 0.29) is 43.2 Å². The van der Waals surface area contributed by atoms with Gasteiger partial charge in [0.25, 0.3) is 10.1 Å². The van der Waals surface area contributed by atoms with Gasteiger partial charge in [0.2, 0.25) is 0 Å². The minimum atomic E-state index is -4.05. The van der Waals surface area contributed by atoms with Crippen LogP contribution in [-0.2, 0) is 19.6 Å². The molecule has 72 valence electrons. The molecule has 0 aromatic heterocycles. The molecule has 0 aliphatic rings. The van der Waals surface area contributed by atoms with E-state index in [9.17, 15) is 13.2 Å². The second-order valence-corrected chi connectivity index (χ2v) is 3.77. The monoisotopic (exact) mass is 218 g/mol. The Bertz CT molecular complexity index is 287. The van der Waals surface area contributed by atoms with E-state index < -0.39 is 21.8 Å². The van der Waals surface area contributed by atoms with Gasteiger partial charge in [-0.2, -0.15) is 8.42 Å². The van der Waals surface area contributed by atoms with Gasteiger partial charge in [0, 0.05) is 5.57 Å². The van der Waals surface area contributed by atoms with Crippen molar-refractivity contribution in [3.8, 4) is 0 Å². The summed E-state index contributed by atoms with van der Waals surface area (Å²) in [4.78, 5) is 10.6. The second kappa shape index (κ2) is 6.56. The fourth-order valence-electron chi connectivity index (χ4n) is 0.363. The van der Waals surface area contributed by atoms with Crippen LogP contribution in [0.2, 0.25) is 0 Å². The summed E-state index contributed by atoms with van der Waals surface area (Å²) in [5, 5.41) is 0. The molecule has 13 heavy (non-hydrogen) atoms. The van der Waals surface area contributed by atoms with E-state index in [0.29, 0.717) is 0 Å². The van der Waals surface area contributed by atoms with Crippen LogP contribution in [0, 0.1) is 0 Å². The van der Waals surface area contributed by atoms with Crippen LogP contribution in [-0.4, -0.2) is 31.3 Å². The van der Waals surface area contributed by atoms with Gasteiger partial charge < -0.3 is 6.16 Å². The Balaban J connectivity index is -0.000000605. The number of ether oxygens (including phenoxy) is 1. The molecule has 0 aliphatic carbocycles. The molecule has 0 amide bonds. The molecule has 1 N–H and O–H groups in total. The molecule has 5 nitrogen and oxygen atoms in total. The zero-order valence-electron chi connectivity index (χ0n) is 8.61. The number of esters is 1. The molecule has 0 fully saturated rings. The van der Waals surface area contributed by atoms with E-state index in [1.165, 1.54) is 6.92 Å². The average Bonchev–Trinajstić information content (AvgIpc) is 1.84. The third-order valence-corrected chi connectivity index (χ3v) is 1.61. The van der Waals surface area contributed by atoms with Crippen LogP contribution in [0.4, 0.5) is 0 Å². The first kappa shape index (κ1) is 15.6. The van der Waals surface area contributed by atoms with Crippen molar-refractivity contribution in [2.24, 2.45) is 0 Å². The van der Waals surface area contributed by atoms with Crippen molar-refractivity contribution in [2.45, 2.75) is 6.92 Å². The van der Waals surface area contributed by atoms with Crippen LogP contribution >= 0.6 is 0 Å². The van der Waals surface area contributed by atoms with Gasteiger partial charge in [-0.25, -0.2) is 4.79 Å². The molecule has 0 radical (unpaired) electrons. The molecule has 0 atom stereocenters. The fourth-order valence-corrected chi connectivity index (χ4v) is 0.657. The van der Waals surface area contributed by atoms with Crippen LogP contribution < -0.4 is 29.6 Å². The molecule has 0 heterocycles. The van der Waals surface area contributed by atoms with Crippen molar-refractivity contribution in [3.63, 3.8) is 0 Å². The Kier molecular flexibility index (Phi) is 7.86. The van der Waals surface area contributed by atoms with Crippen LogP contribution in [0.5, 0.6) is 0 Å². The Morgan fingerprint density at radius 2 is 2.08 bits per heavy atom. The quantitative estimate of drug-likeness (QED) is 0.237. The summed E-state index contributed by atoms with van der Waals surface area (Å²) >= 11 is 0. The molecule has 0 unspecified atom stereocenters.